The lowest BCUT2D eigenvalue weighted by Gasteiger charge is -2.03. The highest BCUT2D eigenvalue weighted by Gasteiger charge is 2.27. The van der Waals surface area contributed by atoms with E-state index in [1.165, 1.54) is 0 Å². The van der Waals surface area contributed by atoms with E-state index in [0.717, 1.165) is 6.92 Å². The molecule has 27 heteroatoms. The quantitative estimate of drug-likeness (QED) is 0.165. The van der Waals surface area contributed by atoms with Crippen LogP contribution in [0.25, 0.3) is 0 Å². The zero-order valence-electron chi connectivity index (χ0n) is 14.8. The van der Waals surface area contributed by atoms with Crippen LogP contribution in [0.2, 0.25) is 0 Å². The molecule has 0 aromatic heterocycles. The van der Waals surface area contributed by atoms with Gasteiger partial charge in [-0.2, -0.15) is 4.31 Å². The first kappa shape index (κ1) is 138. The smallest absolute Gasteiger partial charge is 0.478 e. The van der Waals surface area contributed by atoms with Crippen LogP contribution in [0.15, 0.2) is 0 Å². The van der Waals surface area contributed by atoms with Gasteiger partial charge >= 0.3 is 21.7 Å². The summed E-state index contributed by atoms with van der Waals surface area (Å²) in [6.45, 7) is 1.08. The molecule has 0 spiro atoms. The minimum Gasteiger partial charge on any atom is -0.481 e. The van der Waals surface area contributed by atoms with Gasteiger partial charge in [-0.15, -0.1) is 0 Å². The number of carboxylic acids is 1. The maximum atomic E-state index is 9.63. The Morgan fingerprint density at radius 2 is 0.667 bits per heavy atom. The highest BCUT2D eigenvalue weighted by Crippen LogP contribution is 2.53. The number of urea groups is 1. The van der Waals surface area contributed by atoms with Gasteiger partial charge in [0.15, 0.2) is 0 Å². The second-order valence-corrected chi connectivity index (χ2v) is 4.60. The average Bonchev–Trinajstić information content (AvgIpc) is 1.70. The maximum absolute atomic E-state index is 9.63. The van der Waals surface area contributed by atoms with Crippen LogP contribution >= 0.6 is 15.6 Å². The Hall–Kier alpha value is -1.52. The van der Waals surface area contributed by atoms with Gasteiger partial charge in [0.05, 0.1) is 0 Å². The Bertz CT molecular complexity index is 295. The third-order valence-electron chi connectivity index (χ3n) is 0.213. The largest absolute Gasteiger partial charge is 0.481 e. The van der Waals surface area contributed by atoms with Gasteiger partial charge in [-0.05, 0) is 0 Å². The van der Waals surface area contributed by atoms with Crippen LogP contribution in [-0.2, 0) is 18.2 Å². The molecule has 0 aromatic carbocycles. The summed E-state index contributed by atoms with van der Waals surface area (Å²) >= 11 is 0. The minimum atomic E-state index is -5.05. The Balaban J connectivity index is -0.00000000612. The van der Waals surface area contributed by atoms with Crippen molar-refractivity contribution >= 4 is 27.6 Å². The van der Waals surface area contributed by atoms with Gasteiger partial charge in [0.25, 0.3) is 5.97 Å². The molecule has 35 N–H and O–H groups in total. The molecule has 0 atom stereocenters. The Labute approximate surface area is 166 Å². The summed E-state index contributed by atoms with van der Waals surface area (Å²) in [6, 6.07) is -0.833. The van der Waals surface area contributed by atoms with E-state index in [9.17, 15) is 9.13 Å². The highest BCUT2D eigenvalue weighted by molar-refractivity contribution is 7.60. The molecule has 0 aliphatic rings. The topological polar surface area (TPSA) is 640 Å². The van der Waals surface area contributed by atoms with Crippen LogP contribution in [0.5, 0.6) is 0 Å². The molecule has 0 aliphatic heterocycles. The van der Waals surface area contributed by atoms with Crippen molar-refractivity contribution in [3.8, 4) is 0 Å². The third kappa shape index (κ3) is 857. The molecular formula is C3H38N2O23P2. The van der Waals surface area contributed by atoms with Crippen molar-refractivity contribution in [3.63, 3.8) is 0 Å². The second-order valence-electron chi connectivity index (χ2n) is 1.98. The predicted octanol–water partition coefficient (Wildman–Crippen LogP) is -12.4. The number of rotatable bonds is 2. The summed E-state index contributed by atoms with van der Waals surface area (Å²) in [6.07, 6.45) is 0. The summed E-state index contributed by atoms with van der Waals surface area (Å²) in [5, 5.41) is 7.42. The molecule has 0 aliphatic carbocycles. The number of hydrogen-bond donors (Lipinski definition) is 7. The summed E-state index contributed by atoms with van der Waals surface area (Å²) in [5.41, 5.74) is 8.50. The Kier molecular flexibility index (Phi) is 290. The number of nitrogens with two attached hydrogens (primary N) is 2. The highest BCUT2D eigenvalue weighted by atomic mass is 31.3. The Morgan fingerprint density at radius 3 is 0.667 bits per heavy atom. The van der Waals surface area contributed by atoms with Gasteiger partial charge in [-0.3, -0.25) is 4.79 Å². The lowest BCUT2D eigenvalue weighted by Crippen LogP contribution is -2.18. The normalized spacial score (nSPS) is 5.77. The van der Waals surface area contributed by atoms with Crippen LogP contribution in [0, 0.1) is 0 Å². The van der Waals surface area contributed by atoms with Crippen LogP contribution in [0.3, 0.4) is 0 Å². The SMILES string of the molecule is CC(=O)O.NC(N)=O.O.O.O.O.O.O.O.O.O.O.O.O.O.O=P(O)(O)OP(=O)(O)O. The molecule has 0 fully saturated rings. The molecule has 0 unspecified atom stereocenters. The molecular weight excluding hydrogens is 494 g/mol. The minimum absolute atomic E-state index is 0. The number of phosphoric acid groups is 2. The lowest BCUT2D eigenvalue weighted by atomic mass is 10.9. The monoisotopic (exact) mass is 532 g/mol. The number of hydrogen-bond acceptors (Lipinski definition) is 5. The van der Waals surface area contributed by atoms with Crippen molar-refractivity contribution in [2.45, 2.75) is 6.92 Å². The van der Waals surface area contributed by atoms with Gasteiger partial charge in [-0.1, -0.05) is 0 Å². The van der Waals surface area contributed by atoms with Crippen LogP contribution in [0.1, 0.15) is 6.92 Å². The van der Waals surface area contributed by atoms with Crippen molar-refractivity contribution in [3.05, 3.63) is 0 Å². The molecule has 30 heavy (non-hydrogen) atoms. The maximum Gasteiger partial charge on any atom is 0.478 e. The number of aliphatic carboxylic acids is 1. The van der Waals surface area contributed by atoms with Crippen molar-refractivity contribution in [1.82, 2.24) is 0 Å². The van der Waals surface area contributed by atoms with E-state index in [0.29, 0.717) is 0 Å². The molecule has 0 aromatic rings. The van der Waals surface area contributed by atoms with E-state index >= 15 is 0 Å². The van der Waals surface area contributed by atoms with Crippen molar-refractivity contribution in [2.75, 3.05) is 0 Å². The van der Waals surface area contributed by atoms with Gasteiger partial charge in [0, 0.05) is 6.92 Å². The third-order valence-corrected chi connectivity index (χ3v) is 1.91. The van der Waals surface area contributed by atoms with E-state index in [4.69, 9.17) is 34.3 Å². The average molecular weight is 532 g/mol. The van der Waals surface area contributed by atoms with Gasteiger partial charge in [0.2, 0.25) is 0 Å². The number of amides is 2. The lowest BCUT2D eigenvalue weighted by molar-refractivity contribution is -0.134. The molecule has 0 heterocycles. The van der Waals surface area contributed by atoms with E-state index in [1.54, 1.807) is 0 Å². The first-order valence-corrected chi connectivity index (χ1v) is 6.30. The standard InChI is InChI=1S/C2H4O2.CH4N2O.H4O7P2.13H2O/c1-2(3)4;2-1(3)4;1-8(2,3)7-9(4,5)6;;;;;;;;;;;;;/h1H3,(H,3,4);(H4,2,3,4);(H2,1,2,3)(H2,4,5,6);13*1H2. The van der Waals surface area contributed by atoms with Gasteiger partial charge in [-0.25, -0.2) is 13.9 Å². The van der Waals surface area contributed by atoms with Gasteiger partial charge < -0.3 is 107 Å². The number of carbonyl (C=O) groups is 2. The van der Waals surface area contributed by atoms with Gasteiger partial charge in [0.1, 0.15) is 0 Å². The number of carboxylic acid groups (broad SMARTS) is 1. The van der Waals surface area contributed by atoms with E-state index in [-0.39, 0.29) is 71.2 Å². The fraction of sp³-hybridized carbons (Fsp3) is 0.333. The van der Waals surface area contributed by atoms with Crippen molar-refractivity contribution in [1.29, 1.82) is 0 Å². The van der Waals surface area contributed by atoms with Crippen LogP contribution in [-0.4, -0.2) is 108 Å². The molecule has 2 amide bonds. The molecule has 0 rings (SSSR count). The molecule has 0 bridgehead atoms. The molecule has 25 nitrogen and oxygen atoms in total. The Morgan fingerprint density at radius 1 is 0.600 bits per heavy atom. The van der Waals surface area contributed by atoms with Crippen molar-refractivity contribution in [2.24, 2.45) is 11.5 Å². The fourth-order valence-electron chi connectivity index (χ4n) is 0.139. The number of primary amides is 2. The van der Waals surface area contributed by atoms with Crippen molar-refractivity contribution < 1.29 is 119 Å². The molecule has 208 valence electrons. The van der Waals surface area contributed by atoms with Crippen LogP contribution < -0.4 is 11.5 Å². The zero-order chi connectivity index (χ0) is 14.9. The first-order chi connectivity index (χ1) is 7.17. The summed E-state index contributed by atoms with van der Waals surface area (Å²) in [5.74, 6) is -0.833. The first-order valence-electron chi connectivity index (χ1n) is 3.24. The predicted molar refractivity (Wildman–Crippen MR) is 99.2 cm³/mol. The van der Waals surface area contributed by atoms with Crippen LogP contribution in [0.4, 0.5) is 4.79 Å². The zero-order valence-corrected chi connectivity index (χ0v) is 16.6. The fourth-order valence-corrected chi connectivity index (χ4v) is 1.25. The molecule has 0 saturated heterocycles. The van der Waals surface area contributed by atoms with E-state index < -0.39 is 27.6 Å². The molecule has 0 saturated carbocycles. The summed E-state index contributed by atoms with van der Waals surface area (Å²) in [4.78, 5) is 49.0. The molecule has 0 radical (unpaired) electrons. The summed E-state index contributed by atoms with van der Waals surface area (Å²) in [7, 11) is -10.1. The van der Waals surface area contributed by atoms with E-state index in [1.807, 2.05) is 0 Å². The second kappa shape index (κ2) is 63.1. The summed E-state index contributed by atoms with van der Waals surface area (Å²) < 4.78 is 22.2. The number of carbonyl (C=O) groups excluding carboxylic acids is 1. The van der Waals surface area contributed by atoms with E-state index in [2.05, 4.69) is 15.8 Å².